The molecule has 202 valence electrons. The number of nitrogens with zero attached hydrogens (tertiary/aromatic N) is 1. The zero-order valence-electron chi connectivity index (χ0n) is 23.3. The van der Waals surface area contributed by atoms with Crippen molar-refractivity contribution < 1.29 is 28.7 Å². The zero-order chi connectivity index (χ0) is 28.1. The first-order valence-corrected chi connectivity index (χ1v) is 13.2. The Balaban J connectivity index is 1.41. The number of fused-ring (bicyclic) bond motifs is 3. The van der Waals surface area contributed by atoms with Crippen LogP contribution < -0.4 is 10.4 Å². The number of benzene rings is 3. The molecule has 39 heavy (non-hydrogen) atoms. The fourth-order valence-electron chi connectivity index (χ4n) is 5.33. The Morgan fingerprint density at radius 2 is 1.49 bits per heavy atom. The lowest BCUT2D eigenvalue weighted by atomic mass is 9.74. The second-order valence-corrected chi connectivity index (χ2v) is 11.3. The number of carbonyl (C=O) groups is 2. The molecule has 1 aliphatic carbocycles. The van der Waals surface area contributed by atoms with Crippen LogP contribution in [0.5, 0.6) is 0 Å². The summed E-state index contributed by atoms with van der Waals surface area (Å²) in [5.41, 5.74) is 6.02. The third-order valence-electron chi connectivity index (χ3n) is 8.39. The van der Waals surface area contributed by atoms with Crippen molar-refractivity contribution in [3.05, 3.63) is 82.9 Å². The van der Waals surface area contributed by atoms with Gasteiger partial charge in [0.25, 0.3) is 0 Å². The molecule has 5 rings (SSSR count). The van der Waals surface area contributed by atoms with Crippen molar-refractivity contribution >= 4 is 30.3 Å². The summed E-state index contributed by atoms with van der Waals surface area (Å²) >= 11 is 0. The number of carbonyl (C=O) groups excluding carboxylic acids is 1. The molecule has 3 aromatic rings. The summed E-state index contributed by atoms with van der Waals surface area (Å²) in [6.45, 7) is 9.91. The normalized spacial score (nSPS) is 17.0. The highest BCUT2D eigenvalue weighted by atomic mass is 16.7. The lowest BCUT2D eigenvalue weighted by molar-refractivity contribution is -0.136. The average Bonchev–Trinajstić information content (AvgIpc) is 3.32. The highest BCUT2D eigenvalue weighted by Crippen LogP contribution is 2.44. The summed E-state index contributed by atoms with van der Waals surface area (Å²) in [4.78, 5) is 26.4. The molecule has 0 spiro atoms. The SMILES string of the molecule is Cc1c(CC(=O)O)cc(N(C)C(=O)OCC2c3ccccc3-c3ccccc32)cc1B1OC(C)(C)C(C)(C)O1. The first-order valence-electron chi connectivity index (χ1n) is 13.2. The second kappa shape index (κ2) is 9.85. The smallest absolute Gasteiger partial charge is 0.481 e. The van der Waals surface area contributed by atoms with E-state index in [2.05, 4.69) is 24.3 Å². The molecule has 1 fully saturated rings. The highest BCUT2D eigenvalue weighted by molar-refractivity contribution is 6.62. The van der Waals surface area contributed by atoms with E-state index in [4.69, 9.17) is 14.0 Å². The molecular weight excluding hydrogens is 493 g/mol. The van der Waals surface area contributed by atoms with Crippen LogP contribution in [-0.2, 0) is 25.3 Å². The molecular formula is C31H34BNO6. The number of ether oxygens (including phenoxy) is 1. The van der Waals surface area contributed by atoms with E-state index in [1.165, 1.54) is 4.90 Å². The van der Waals surface area contributed by atoms with Crippen LogP contribution in [0, 0.1) is 6.92 Å². The number of anilines is 1. The second-order valence-electron chi connectivity index (χ2n) is 11.3. The Bertz CT molecular complexity index is 1390. The summed E-state index contributed by atoms with van der Waals surface area (Å²) in [6, 6.07) is 19.9. The van der Waals surface area contributed by atoms with E-state index >= 15 is 0 Å². The van der Waals surface area contributed by atoms with Gasteiger partial charge < -0.3 is 19.2 Å². The molecule has 0 aromatic heterocycles. The molecule has 0 saturated carbocycles. The minimum absolute atomic E-state index is 0.0596. The fourth-order valence-corrected chi connectivity index (χ4v) is 5.33. The monoisotopic (exact) mass is 527 g/mol. The van der Waals surface area contributed by atoms with Gasteiger partial charge >= 0.3 is 19.2 Å². The molecule has 1 N–H and O–H groups in total. The summed E-state index contributed by atoms with van der Waals surface area (Å²) in [5, 5.41) is 9.55. The number of carboxylic acids is 1. The molecule has 3 aromatic carbocycles. The molecule has 2 aliphatic rings. The van der Waals surface area contributed by atoms with Gasteiger partial charge in [-0.1, -0.05) is 48.5 Å². The molecule has 1 saturated heterocycles. The minimum Gasteiger partial charge on any atom is -0.481 e. The van der Waals surface area contributed by atoms with Gasteiger partial charge in [-0.05, 0) is 85.6 Å². The van der Waals surface area contributed by atoms with E-state index in [-0.39, 0.29) is 18.9 Å². The maximum absolute atomic E-state index is 13.3. The molecule has 8 heteroatoms. The number of aliphatic carboxylic acids is 1. The van der Waals surface area contributed by atoms with Gasteiger partial charge in [-0.2, -0.15) is 0 Å². The van der Waals surface area contributed by atoms with Crippen LogP contribution in [0.3, 0.4) is 0 Å². The third-order valence-corrected chi connectivity index (χ3v) is 8.39. The van der Waals surface area contributed by atoms with E-state index in [0.29, 0.717) is 16.7 Å². The number of carboxylic acid groups (broad SMARTS) is 1. The van der Waals surface area contributed by atoms with Gasteiger partial charge in [0.05, 0.1) is 17.6 Å². The molecule has 7 nitrogen and oxygen atoms in total. The summed E-state index contributed by atoms with van der Waals surface area (Å²) in [6.07, 6.45) is -0.716. The Hall–Kier alpha value is -3.62. The number of hydrogen-bond donors (Lipinski definition) is 1. The summed E-state index contributed by atoms with van der Waals surface area (Å²) in [5.74, 6) is -1.02. The number of rotatable bonds is 6. The number of hydrogen-bond acceptors (Lipinski definition) is 5. The largest absolute Gasteiger partial charge is 0.495 e. The minimum atomic E-state index is -0.959. The van der Waals surface area contributed by atoms with Gasteiger partial charge in [-0.3, -0.25) is 9.69 Å². The van der Waals surface area contributed by atoms with E-state index in [9.17, 15) is 14.7 Å². The van der Waals surface area contributed by atoms with Gasteiger partial charge in [0.1, 0.15) is 6.61 Å². The van der Waals surface area contributed by atoms with Gasteiger partial charge in [-0.25, -0.2) is 4.79 Å². The zero-order valence-corrected chi connectivity index (χ0v) is 23.3. The molecule has 1 aliphatic heterocycles. The Labute approximate surface area is 229 Å². The molecule has 1 heterocycles. The fraction of sp³-hybridized carbons (Fsp3) is 0.355. The van der Waals surface area contributed by atoms with Crippen LogP contribution in [0.2, 0.25) is 0 Å². The number of amides is 1. The Morgan fingerprint density at radius 1 is 0.949 bits per heavy atom. The van der Waals surface area contributed by atoms with Gasteiger partial charge in [0.15, 0.2) is 0 Å². The predicted molar refractivity (Wildman–Crippen MR) is 152 cm³/mol. The molecule has 0 bridgehead atoms. The van der Waals surface area contributed by atoms with Crippen LogP contribution in [0.15, 0.2) is 60.7 Å². The molecule has 0 radical (unpaired) electrons. The van der Waals surface area contributed by atoms with Crippen molar-refractivity contribution in [1.82, 2.24) is 0 Å². The summed E-state index contributed by atoms with van der Waals surface area (Å²) in [7, 11) is 0.931. The van der Waals surface area contributed by atoms with Gasteiger partial charge in [0.2, 0.25) is 0 Å². The van der Waals surface area contributed by atoms with Crippen molar-refractivity contribution in [3.63, 3.8) is 0 Å². The van der Waals surface area contributed by atoms with Crippen LogP contribution >= 0.6 is 0 Å². The Kier molecular flexibility index (Phi) is 6.81. The van der Waals surface area contributed by atoms with Gasteiger partial charge in [0, 0.05) is 18.7 Å². The van der Waals surface area contributed by atoms with Crippen molar-refractivity contribution in [2.24, 2.45) is 0 Å². The van der Waals surface area contributed by atoms with Crippen molar-refractivity contribution in [1.29, 1.82) is 0 Å². The highest BCUT2D eigenvalue weighted by Gasteiger charge is 2.52. The van der Waals surface area contributed by atoms with Crippen molar-refractivity contribution in [3.8, 4) is 11.1 Å². The average molecular weight is 527 g/mol. The van der Waals surface area contributed by atoms with Crippen LogP contribution in [0.4, 0.5) is 10.5 Å². The standard InChI is InChI=1S/C31H34BNO6/c1-19-20(16-28(34)35)15-21(17-27(19)32-38-30(2,3)31(4,5)39-32)33(6)29(36)37-18-26-24-13-9-7-11-22(24)23-12-8-10-14-25(23)26/h7-15,17,26H,16,18H2,1-6H3,(H,34,35). The lowest BCUT2D eigenvalue weighted by Crippen LogP contribution is -2.41. The third kappa shape index (κ3) is 4.83. The van der Waals surface area contributed by atoms with Gasteiger partial charge in [-0.15, -0.1) is 0 Å². The lowest BCUT2D eigenvalue weighted by Gasteiger charge is -2.32. The molecule has 0 atom stereocenters. The van der Waals surface area contributed by atoms with E-state index < -0.39 is 30.4 Å². The van der Waals surface area contributed by atoms with Crippen LogP contribution in [-0.4, -0.2) is 49.1 Å². The van der Waals surface area contributed by atoms with Crippen molar-refractivity contribution in [2.75, 3.05) is 18.6 Å². The predicted octanol–water partition coefficient (Wildman–Crippen LogP) is 5.31. The molecule has 1 amide bonds. The Morgan fingerprint density at radius 3 is 2.03 bits per heavy atom. The topological polar surface area (TPSA) is 85.3 Å². The first-order chi connectivity index (χ1) is 18.4. The van der Waals surface area contributed by atoms with Crippen LogP contribution in [0.1, 0.15) is 55.9 Å². The first kappa shape index (κ1) is 27.0. The van der Waals surface area contributed by atoms with E-state index in [1.807, 2.05) is 65.0 Å². The summed E-state index contributed by atoms with van der Waals surface area (Å²) < 4.78 is 18.4. The van der Waals surface area contributed by atoms with E-state index in [0.717, 1.165) is 27.8 Å². The van der Waals surface area contributed by atoms with E-state index in [1.54, 1.807) is 13.1 Å². The maximum atomic E-state index is 13.3. The van der Waals surface area contributed by atoms with Crippen LogP contribution in [0.25, 0.3) is 11.1 Å². The maximum Gasteiger partial charge on any atom is 0.495 e. The quantitative estimate of drug-likeness (QED) is 0.438. The molecule has 0 unspecified atom stereocenters. The van der Waals surface area contributed by atoms with Crippen molar-refractivity contribution in [2.45, 2.75) is 58.2 Å².